The highest BCUT2D eigenvalue weighted by atomic mass is 19.1. The zero-order valence-electron chi connectivity index (χ0n) is 15.8. The zero-order chi connectivity index (χ0) is 19.5. The van der Waals surface area contributed by atoms with Gasteiger partial charge in [-0.1, -0.05) is 12.1 Å². The summed E-state index contributed by atoms with van der Waals surface area (Å²) in [5.74, 6) is 0.518. The number of nitrogens with zero attached hydrogens (tertiary/aromatic N) is 4. The van der Waals surface area contributed by atoms with Crippen LogP contribution in [0.5, 0.6) is 0 Å². The van der Waals surface area contributed by atoms with Gasteiger partial charge >= 0.3 is 0 Å². The third kappa shape index (κ3) is 3.69. The normalized spacial score (nSPS) is 17.1. The van der Waals surface area contributed by atoms with Gasteiger partial charge in [0.1, 0.15) is 18.1 Å². The number of aromatic nitrogens is 3. The van der Waals surface area contributed by atoms with Crippen LogP contribution in [0, 0.1) is 5.82 Å². The van der Waals surface area contributed by atoms with Crippen LogP contribution in [-0.4, -0.2) is 38.1 Å². The Hall–Kier alpha value is -2.96. The number of hydrogen-bond donors (Lipinski definition) is 0. The average molecular weight is 382 g/mol. The third-order valence-electron chi connectivity index (χ3n) is 5.30. The molecule has 0 N–H and O–H groups in total. The molecular weight excluding hydrogens is 359 g/mol. The third-order valence-corrected chi connectivity index (χ3v) is 5.30. The summed E-state index contributed by atoms with van der Waals surface area (Å²) in [4.78, 5) is 19.3. The van der Waals surface area contributed by atoms with E-state index in [1.807, 2.05) is 27.8 Å². The van der Waals surface area contributed by atoms with Crippen LogP contribution in [0.15, 0.2) is 47.1 Å². The van der Waals surface area contributed by atoms with Crippen LogP contribution in [0.4, 0.5) is 4.39 Å². The Morgan fingerprint density at radius 3 is 2.86 bits per heavy atom. The van der Waals surface area contributed by atoms with Crippen LogP contribution in [0.25, 0.3) is 23.0 Å². The SMILES string of the molecule is CC[C@@H]1CCCCN1C(=O)Cn1cccc1-c1nc(-c2ccc(F)cc2)no1. The summed E-state index contributed by atoms with van der Waals surface area (Å²) in [6, 6.07) is 9.96. The Morgan fingerprint density at radius 2 is 2.07 bits per heavy atom. The number of halogens is 1. The van der Waals surface area contributed by atoms with E-state index in [1.54, 1.807) is 12.1 Å². The Morgan fingerprint density at radius 1 is 1.25 bits per heavy atom. The first kappa shape index (κ1) is 18.4. The summed E-state index contributed by atoms with van der Waals surface area (Å²) in [7, 11) is 0. The van der Waals surface area contributed by atoms with Gasteiger partial charge in [-0.15, -0.1) is 0 Å². The maximum atomic E-state index is 13.1. The van der Waals surface area contributed by atoms with Crippen molar-refractivity contribution >= 4 is 5.91 Å². The highest BCUT2D eigenvalue weighted by molar-refractivity contribution is 5.77. The molecule has 28 heavy (non-hydrogen) atoms. The van der Waals surface area contributed by atoms with Gasteiger partial charge < -0.3 is 14.0 Å². The van der Waals surface area contributed by atoms with Gasteiger partial charge in [0.15, 0.2) is 0 Å². The first-order chi connectivity index (χ1) is 13.7. The Kier molecular flexibility index (Phi) is 5.23. The molecule has 4 rings (SSSR count). The monoisotopic (exact) mass is 382 g/mol. The largest absolute Gasteiger partial charge is 0.338 e. The molecule has 2 aromatic heterocycles. The molecule has 0 saturated carbocycles. The maximum absolute atomic E-state index is 13.1. The number of carbonyl (C=O) groups is 1. The molecule has 1 aliphatic rings. The van der Waals surface area contributed by atoms with E-state index in [0.29, 0.717) is 29.0 Å². The van der Waals surface area contributed by atoms with Crippen molar-refractivity contribution in [3.63, 3.8) is 0 Å². The number of amides is 1. The van der Waals surface area contributed by atoms with Crippen molar-refractivity contribution in [1.29, 1.82) is 0 Å². The molecule has 0 unspecified atom stereocenters. The minimum absolute atomic E-state index is 0.113. The van der Waals surface area contributed by atoms with E-state index in [0.717, 1.165) is 25.8 Å². The summed E-state index contributed by atoms with van der Waals surface area (Å²) in [6.45, 7) is 3.20. The predicted octanol–water partition coefficient (Wildman–Crippen LogP) is 4.14. The van der Waals surface area contributed by atoms with Crippen LogP contribution in [0.1, 0.15) is 32.6 Å². The van der Waals surface area contributed by atoms with Crippen molar-refractivity contribution in [1.82, 2.24) is 19.6 Å². The maximum Gasteiger partial charge on any atom is 0.274 e. The van der Waals surface area contributed by atoms with Gasteiger partial charge in [0.25, 0.3) is 5.89 Å². The van der Waals surface area contributed by atoms with Crippen LogP contribution in [0.3, 0.4) is 0 Å². The van der Waals surface area contributed by atoms with Crippen LogP contribution < -0.4 is 0 Å². The number of benzene rings is 1. The molecular formula is C21H23FN4O2. The van der Waals surface area contributed by atoms with Crippen molar-refractivity contribution in [2.75, 3.05) is 6.54 Å². The predicted molar refractivity (Wildman–Crippen MR) is 103 cm³/mol. The van der Waals surface area contributed by atoms with E-state index in [1.165, 1.54) is 18.6 Å². The summed E-state index contributed by atoms with van der Waals surface area (Å²) >= 11 is 0. The highest BCUT2D eigenvalue weighted by Crippen LogP contribution is 2.24. The van der Waals surface area contributed by atoms with Crippen LogP contribution in [-0.2, 0) is 11.3 Å². The van der Waals surface area contributed by atoms with Gasteiger partial charge in [0, 0.05) is 24.3 Å². The second kappa shape index (κ2) is 7.96. The summed E-state index contributed by atoms with van der Waals surface area (Å²) < 4.78 is 20.4. The fourth-order valence-electron chi connectivity index (χ4n) is 3.78. The van der Waals surface area contributed by atoms with Crippen molar-refractivity contribution in [3.8, 4) is 23.0 Å². The van der Waals surface area contributed by atoms with Gasteiger partial charge in [0.05, 0.1) is 0 Å². The minimum atomic E-state index is -0.317. The Balaban J connectivity index is 1.53. The van der Waals surface area contributed by atoms with E-state index in [4.69, 9.17) is 4.52 Å². The topological polar surface area (TPSA) is 64.2 Å². The lowest BCUT2D eigenvalue weighted by Crippen LogP contribution is -2.44. The van der Waals surface area contributed by atoms with Gasteiger partial charge in [-0.05, 0) is 62.1 Å². The molecule has 0 bridgehead atoms. The number of piperidine rings is 1. The van der Waals surface area contributed by atoms with Crippen molar-refractivity contribution in [2.45, 2.75) is 45.2 Å². The highest BCUT2D eigenvalue weighted by Gasteiger charge is 2.26. The molecule has 1 aliphatic heterocycles. The Bertz CT molecular complexity index is 947. The molecule has 146 valence electrons. The van der Waals surface area contributed by atoms with E-state index < -0.39 is 0 Å². The molecule has 6 nitrogen and oxygen atoms in total. The fraction of sp³-hybridized carbons (Fsp3) is 0.381. The summed E-state index contributed by atoms with van der Waals surface area (Å²) in [6.07, 6.45) is 6.15. The first-order valence-corrected chi connectivity index (χ1v) is 9.70. The summed E-state index contributed by atoms with van der Waals surface area (Å²) in [5, 5.41) is 3.99. The van der Waals surface area contributed by atoms with Gasteiger partial charge in [0.2, 0.25) is 11.7 Å². The molecule has 3 heterocycles. The smallest absolute Gasteiger partial charge is 0.274 e. The number of carbonyl (C=O) groups excluding carboxylic acids is 1. The molecule has 1 fully saturated rings. The van der Waals surface area contributed by atoms with E-state index in [2.05, 4.69) is 17.1 Å². The van der Waals surface area contributed by atoms with E-state index in [9.17, 15) is 9.18 Å². The Labute approximate surface area is 163 Å². The second-order valence-electron chi connectivity index (χ2n) is 7.10. The summed E-state index contributed by atoms with van der Waals surface area (Å²) in [5.41, 5.74) is 1.36. The molecule has 0 radical (unpaired) electrons. The lowest BCUT2D eigenvalue weighted by atomic mass is 10.00. The molecule has 1 saturated heterocycles. The molecule has 1 atom stereocenters. The first-order valence-electron chi connectivity index (χ1n) is 9.70. The second-order valence-corrected chi connectivity index (χ2v) is 7.10. The van der Waals surface area contributed by atoms with Crippen LogP contribution >= 0.6 is 0 Å². The molecule has 7 heteroatoms. The lowest BCUT2D eigenvalue weighted by Gasteiger charge is -2.35. The van der Waals surface area contributed by atoms with Crippen molar-refractivity contribution < 1.29 is 13.7 Å². The lowest BCUT2D eigenvalue weighted by molar-refractivity contribution is -0.135. The van der Waals surface area contributed by atoms with Gasteiger partial charge in [-0.3, -0.25) is 4.79 Å². The quantitative estimate of drug-likeness (QED) is 0.665. The van der Waals surface area contributed by atoms with Crippen molar-refractivity contribution in [2.24, 2.45) is 0 Å². The minimum Gasteiger partial charge on any atom is -0.338 e. The number of rotatable bonds is 5. The van der Waals surface area contributed by atoms with Crippen molar-refractivity contribution in [3.05, 3.63) is 48.4 Å². The molecule has 3 aromatic rings. The van der Waals surface area contributed by atoms with Gasteiger partial charge in [-0.2, -0.15) is 4.98 Å². The fourth-order valence-corrected chi connectivity index (χ4v) is 3.78. The molecule has 1 amide bonds. The average Bonchev–Trinajstić information content (AvgIpc) is 3.38. The number of likely N-dealkylation sites (tertiary alicyclic amines) is 1. The molecule has 0 spiro atoms. The molecule has 1 aromatic carbocycles. The standard InChI is InChI=1S/C21H23FN4O2/c1-2-17-6-3-4-13-26(17)19(27)14-25-12-5-7-18(25)21-23-20(24-28-21)15-8-10-16(22)11-9-15/h5,7-12,17H,2-4,6,13-14H2,1H3/t17-/m1/s1. The van der Waals surface area contributed by atoms with E-state index in [-0.39, 0.29) is 18.3 Å². The van der Waals surface area contributed by atoms with E-state index >= 15 is 0 Å². The van der Waals surface area contributed by atoms with Gasteiger partial charge in [-0.25, -0.2) is 4.39 Å². The molecule has 0 aliphatic carbocycles. The number of hydrogen-bond acceptors (Lipinski definition) is 4. The zero-order valence-corrected chi connectivity index (χ0v) is 15.8. The van der Waals surface area contributed by atoms with Crippen LogP contribution in [0.2, 0.25) is 0 Å².